The molecular formula is C19H16N2O7S2. The molecule has 2 N–H and O–H groups in total. The highest BCUT2D eigenvalue weighted by Gasteiger charge is 2.35. The van der Waals surface area contributed by atoms with E-state index >= 15 is 0 Å². The number of nitrogens with two attached hydrogens (primary N) is 1. The van der Waals surface area contributed by atoms with E-state index in [0.29, 0.717) is 17.3 Å². The second-order valence-corrected chi connectivity index (χ2v) is 8.53. The molecule has 0 unspecified atom stereocenters. The SMILES string of the molecule is COc1ccc(/C=C2\SC(=O)N(CC(N)=O)C2=O)cc1OS(=O)(=O)c1ccccc1. The largest absolute Gasteiger partial charge is 0.493 e. The van der Waals surface area contributed by atoms with Crippen molar-refractivity contribution in [3.8, 4) is 11.5 Å². The fraction of sp³-hybridized carbons (Fsp3) is 0.105. The van der Waals surface area contributed by atoms with Gasteiger partial charge in [-0.05, 0) is 47.7 Å². The van der Waals surface area contributed by atoms with Gasteiger partial charge in [-0.15, -0.1) is 0 Å². The van der Waals surface area contributed by atoms with E-state index in [-0.39, 0.29) is 21.3 Å². The first-order valence-electron chi connectivity index (χ1n) is 8.42. The molecule has 3 amide bonds. The lowest BCUT2D eigenvalue weighted by molar-refractivity contribution is -0.127. The van der Waals surface area contributed by atoms with Crippen LogP contribution < -0.4 is 14.7 Å². The minimum atomic E-state index is -4.12. The van der Waals surface area contributed by atoms with Crippen LogP contribution in [0.25, 0.3) is 6.08 Å². The van der Waals surface area contributed by atoms with E-state index in [1.54, 1.807) is 24.3 Å². The van der Waals surface area contributed by atoms with Gasteiger partial charge in [0.1, 0.15) is 11.4 Å². The van der Waals surface area contributed by atoms with Crippen molar-refractivity contribution >= 4 is 45.0 Å². The number of methoxy groups -OCH3 is 1. The summed E-state index contributed by atoms with van der Waals surface area (Å²) in [6.45, 7) is -0.520. The third kappa shape index (κ3) is 4.63. The Bertz CT molecular complexity index is 1140. The van der Waals surface area contributed by atoms with Crippen LogP contribution in [-0.4, -0.2) is 44.0 Å². The number of rotatable bonds is 7. The van der Waals surface area contributed by atoms with E-state index in [1.807, 2.05) is 0 Å². The molecule has 1 fully saturated rings. The first-order valence-corrected chi connectivity index (χ1v) is 10.6. The molecule has 1 aliphatic rings. The van der Waals surface area contributed by atoms with E-state index < -0.39 is 33.7 Å². The quantitative estimate of drug-likeness (QED) is 0.502. The summed E-state index contributed by atoms with van der Waals surface area (Å²) in [6.07, 6.45) is 1.38. The van der Waals surface area contributed by atoms with Gasteiger partial charge in [-0.1, -0.05) is 24.3 Å². The van der Waals surface area contributed by atoms with Crippen LogP contribution in [0.1, 0.15) is 5.56 Å². The predicted octanol–water partition coefficient (Wildman–Crippen LogP) is 1.98. The van der Waals surface area contributed by atoms with E-state index in [1.165, 1.54) is 37.5 Å². The van der Waals surface area contributed by atoms with E-state index in [9.17, 15) is 22.8 Å². The molecule has 0 spiro atoms. The van der Waals surface area contributed by atoms with E-state index in [4.69, 9.17) is 14.7 Å². The van der Waals surface area contributed by atoms with Crippen LogP contribution in [0.15, 0.2) is 58.3 Å². The van der Waals surface area contributed by atoms with Crippen molar-refractivity contribution in [1.29, 1.82) is 0 Å². The smallest absolute Gasteiger partial charge is 0.339 e. The lowest BCUT2D eigenvalue weighted by Crippen LogP contribution is -2.36. The normalized spacial score (nSPS) is 15.5. The van der Waals surface area contributed by atoms with Gasteiger partial charge in [0.05, 0.1) is 12.0 Å². The van der Waals surface area contributed by atoms with Gasteiger partial charge in [0.2, 0.25) is 5.91 Å². The molecule has 1 heterocycles. The molecule has 0 aliphatic carbocycles. The average Bonchev–Trinajstić information content (AvgIpc) is 2.95. The second kappa shape index (κ2) is 8.59. The van der Waals surface area contributed by atoms with Gasteiger partial charge in [-0.25, -0.2) is 0 Å². The number of benzene rings is 2. The van der Waals surface area contributed by atoms with Crippen molar-refractivity contribution in [2.75, 3.05) is 13.7 Å². The first-order chi connectivity index (χ1) is 14.2. The maximum atomic E-state index is 12.5. The van der Waals surface area contributed by atoms with Crippen molar-refractivity contribution in [3.05, 3.63) is 59.0 Å². The van der Waals surface area contributed by atoms with E-state index in [2.05, 4.69) is 0 Å². The molecule has 0 bridgehead atoms. The molecule has 2 aromatic carbocycles. The van der Waals surface area contributed by atoms with Crippen LogP contribution in [-0.2, 0) is 19.7 Å². The third-order valence-corrected chi connectivity index (χ3v) is 6.06. The molecule has 3 rings (SSSR count). The Morgan fingerprint density at radius 3 is 2.47 bits per heavy atom. The lowest BCUT2D eigenvalue weighted by atomic mass is 10.2. The number of hydrogen-bond acceptors (Lipinski definition) is 8. The van der Waals surface area contributed by atoms with Crippen molar-refractivity contribution in [3.63, 3.8) is 0 Å². The number of hydrogen-bond donors (Lipinski definition) is 1. The summed E-state index contributed by atoms with van der Waals surface area (Å²) in [5.41, 5.74) is 5.44. The van der Waals surface area contributed by atoms with Gasteiger partial charge in [0.25, 0.3) is 11.1 Å². The summed E-state index contributed by atoms with van der Waals surface area (Å²) in [5, 5.41) is -0.623. The maximum Gasteiger partial charge on any atom is 0.339 e. The Labute approximate surface area is 176 Å². The highest BCUT2D eigenvalue weighted by molar-refractivity contribution is 8.18. The molecule has 156 valence electrons. The highest BCUT2D eigenvalue weighted by Crippen LogP contribution is 2.35. The fourth-order valence-electron chi connectivity index (χ4n) is 2.55. The molecule has 1 saturated heterocycles. The molecule has 0 radical (unpaired) electrons. The van der Waals surface area contributed by atoms with Gasteiger partial charge in [0.15, 0.2) is 11.5 Å². The van der Waals surface area contributed by atoms with Crippen molar-refractivity contribution in [1.82, 2.24) is 4.90 Å². The third-order valence-electron chi connectivity index (χ3n) is 3.90. The molecule has 1 aliphatic heterocycles. The standard InChI is InChI=1S/C19H16N2O7S2/c1-27-14-8-7-12(10-16-18(23)21(11-17(20)22)19(24)29-16)9-15(14)28-30(25,26)13-5-3-2-4-6-13/h2-10H,11H2,1H3,(H2,20,22)/b16-10-. The number of imide groups is 1. The number of carbonyl (C=O) groups is 3. The van der Waals surface area contributed by atoms with Crippen molar-refractivity contribution in [2.24, 2.45) is 5.73 Å². The summed E-state index contributed by atoms with van der Waals surface area (Å²) in [5.74, 6) is -1.41. The fourth-order valence-corrected chi connectivity index (χ4v) is 4.34. The Morgan fingerprint density at radius 1 is 1.13 bits per heavy atom. The molecular weight excluding hydrogens is 432 g/mol. The number of thioether (sulfide) groups is 1. The number of amides is 3. The van der Waals surface area contributed by atoms with Gasteiger partial charge >= 0.3 is 10.1 Å². The Morgan fingerprint density at radius 2 is 1.83 bits per heavy atom. The Balaban J connectivity index is 1.92. The summed E-state index contributed by atoms with van der Waals surface area (Å²) in [4.78, 5) is 36.1. The number of primary amides is 1. The van der Waals surface area contributed by atoms with Crippen molar-refractivity contribution in [2.45, 2.75) is 4.90 Å². The minimum Gasteiger partial charge on any atom is -0.493 e. The van der Waals surface area contributed by atoms with Gasteiger partial charge in [0, 0.05) is 0 Å². The molecule has 2 aromatic rings. The molecule has 0 saturated carbocycles. The second-order valence-electron chi connectivity index (χ2n) is 5.99. The Hall–Kier alpha value is -3.31. The van der Waals surface area contributed by atoms with Crippen LogP contribution in [0, 0.1) is 0 Å². The molecule has 0 aromatic heterocycles. The Kier molecular flexibility index (Phi) is 6.13. The zero-order valence-corrected chi connectivity index (χ0v) is 17.2. The highest BCUT2D eigenvalue weighted by atomic mass is 32.2. The average molecular weight is 448 g/mol. The van der Waals surface area contributed by atoms with Crippen LogP contribution in [0.5, 0.6) is 11.5 Å². The van der Waals surface area contributed by atoms with Crippen LogP contribution in [0.4, 0.5) is 4.79 Å². The lowest BCUT2D eigenvalue weighted by Gasteiger charge is -2.11. The predicted molar refractivity (Wildman–Crippen MR) is 109 cm³/mol. The zero-order valence-electron chi connectivity index (χ0n) is 15.6. The van der Waals surface area contributed by atoms with Gasteiger partial charge in [-0.2, -0.15) is 8.42 Å². The number of nitrogens with zero attached hydrogens (tertiary/aromatic N) is 1. The molecule has 9 nitrogen and oxygen atoms in total. The summed E-state index contributed by atoms with van der Waals surface area (Å²) >= 11 is 0.645. The summed E-state index contributed by atoms with van der Waals surface area (Å²) in [7, 11) is -2.76. The van der Waals surface area contributed by atoms with Gasteiger partial charge in [-0.3, -0.25) is 19.3 Å². The first kappa shape index (κ1) is 21.4. The summed E-state index contributed by atoms with van der Waals surface area (Å²) < 4.78 is 35.4. The summed E-state index contributed by atoms with van der Waals surface area (Å²) in [6, 6.07) is 12.0. The monoisotopic (exact) mass is 448 g/mol. The van der Waals surface area contributed by atoms with Crippen LogP contribution in [0.2, 0.25) is 0 Å². The molecule has 30 heavy (non-hydrogen) atoms. The maximum absolute atomic E-state index is 12.5. The van der Waals surface area contributed by atoms with Crippen molar-refractivity contribution < 1.29 is 31.7 Å². The van der Waals surface area contributed by atoms with Crippen LogP contribution >= 0.6 is 11.8 Å². The number of ether oxygens (including phenoxy) is 1. The minimum absolute atomic E-state index is 0.0370. The molecule has 11 heteroatoms. The zero-order chi connectivity index (χ0) is 21.9. The number of carbonyl (C=O) groups excluding carboxylic acids is 3. The molecule has 0 atom stereocenters. The van der Waals surface area contributed by atoms with Crippen LogP contribution in [0.3, 0.4) is 0 Å². The van der Waals surface area contributed by atoms with E-state index in [0.717, 1.165) is 4.90 Å². The topological polar surface area (TPSA) is 133 Å². The van der Waals surface area contributed by atoms with Gasteiger partial charge < -0.3 is 14.7 Å².